The Hall–Kier alpha value is -2.21. The minimum atomic E-state index is -1.08. The molecule has 1 saturated heterocycles. The van der Waals surface area contributed by atoms with E-state index >= 15 is 0 Å². The lowest BCUT2D eigenvalue weighted by Crippen LogP contribution is -2.40. The van der Waals surface area contributed by atoms with E-state index in [0.29, 0.717) is 5.69 Å². The van der Waals surface area contributed by atoms with Crippen molar-refractivity contribution in [2.75, 3.05) is 4.90 Å². The minimum Gasteiger partial charge on any atom is -0.319 e. The number of imide groups is 1. The third-order valence-corrected chi connectivity index (χ3v) is 4.71. The molecule has 6 heteroatoms. The highest BCUT2D eigenvalue weighted by molar-refractivity contribution is 9.10. The number of nitrogens with one attached hydrogen (secondary N) is 1. The highest BCUT2D eigenvalue weighted by Crippen LogP contribution is 2.34. The number of hydrogen-bond acceptors (Lipinski definition) is 3. The van der Waals surface area contributed by atoms with Crippen LogP contribution in [0.3, 0.4) is 0 Å². The van der Waals surface area contributed by atoms with Gasteiger partial charge in [-0.2, -0.15) is 0 Å². The first kappa shape index (κ1) is 14.7. The van der Waals surface area contributed by atoms with Crippen molar-refractivity contribution in [3.63, 3.8) is 0 Å². The Balaban J connectivity index is 2.08. The lowest BCUT2D eigenvalue weighted by molar-refractivity contribution is -0.121. The number of aromatic nitrogens is 1. The molecule has 1 unspecified atom stereocenters. The molecule has 0 aliphatic carbocycles. The van der Waals surface area contributed by atoms with E-state index in [0.717, 1.165) is 20.5 Å². The molecule has 22 heavy (non-hydrogen) atoms. The van der Waals surface area contributed by atoms with Gasteiger partial charge in [0.05, 0.1) is 11.9 Å². The second-order valence-corrected chi connectivity index (χ2v) is 6.18. The van der Waals surface area contributed by atoms with Crippen molar-refractivity contribution in [1.82, 2.24) is 10.3 Å². The number of pyridine rings is 1. The van der Waals surface area contributed by atoms with Crippen LogP contribution < -0.4 is 10.2 Å². The molecule has 5 nitrogen and oxygen atoms in total. The number of nitrogens with zero attached hydrogens (tertiary/aromatic N) is 2. The van der Waals surface area contributed by atoms with E-state index < -0.39 is 11.6 Å². The monoisotopic (exact) mass is 359 g/mol. The van der Waals surface area contributed by atoms with E-state index in [1.165, 1.54) is 6.20 Å². The molecule has 2 heterocycles. The van der Waals surface area contributed by atoms with Crippen molar-refractivity contribution in [2.24, 2.45) is 0 Å². The molecule has 1 atom stereocenters. The van der Waals surface area contributed by atoms with Gasteiger partial charge in [-0.1, -0.05) is 30.3 Å². The lowest BCUT2D eigenvalue weighted by atomic mass is 9.92. The number of rotatable bonds is 2. The molecule has 3 rings (SSSR count). The van der Waals surface area contributed by atoms with Crippen LogP contribution in [0, 0.1) is 6.92 Å². The van der Waals surface area contributed by atoms with Gasteiger partial charge in [0, 0.05) is 10.7 Å². The Bertz CT molecular complexity index is 763. The fraction of sp³-hybridized carbons (Fsp3) is 0.188. The van der Waals surface area contributed by atoms with Crippen molar-refractivity contribution in [2.45, 2.75) is 19.4 Å². The summed E-state index contributed by atoms with van der Waals surface area (Å²) in [6.45, 7) is 3.54. The summed E-state index contributed by atoms with van der Waals surface area (Å²) in [6, 6.07) is 8.76. The first-order chi connectivity index (χ1) is 10.4. The number of benzene rings is 1. The summed E-state index contributed by atoms with van der Waals surface area (Å²) >= 11 is 3.37. The molecule has 3 amide bonds. The van der Waals surface area contributed by atoms with Crippen LogP contribution in [0.1, 0.15) is 18.1 Å². The molecule has 0 radical (unpaired) electrons. The highest BCUT2D eigenvalue weighted by Gasteiger charge is 2.50. The van der Waals surface area contributed by atoms with Gasteiger partial charge in [0.25, 0.3) is 5.91 Å². The van der Waals surface area contributed by atoms with Gasteiger partial charge < -0.3 is 5.32 Å². The number of halogens is 1. The van der Waals surface area contributed by atoms with Crippen LogP contribution in [0.5, 0.6) is 0 Å². The number of hydrogen-bond donors (Lipinski definition) is 1. The second-order valence-electron chi connectivity index (χ2n) is 5.33. The summed E-state index contributed by atoms with van der Waals surface area (Å²) in [4.78, 5) is 30.5. The van der Waals surface area contributed by atoms with Crippen LogP contribution in [-0.4, -0.2) is 16.9 Å². The second kappa shape index (κ2) is 5.21. The van der Waals surface area contributed by atoms with Gasteiger partial charge in [-0.05, 0) is 40.9 Å². The largest absolute Gasteiger partial charge is 0.330 e. The molecule has 1 aromatic carbocycles. The summed E-state index contributed by atoms with van der Waals surface area (Å²) in [5.74, 6) is -0.313. The Labute approximate surface area is 136 Å². The molecule has 0 bridgehead atoms. The van der Waals surface area contributed by atoms with E-state index in [-0.39, 0.29) is 5.91 Å². The molecule has 1 aliphatic rings. The number of urea groups is 1. The SMILES string of the molecule is Cc1c(Br)cncc1N1C(=O)NC(C)(c2ccccc2)C1=O. The van der Waals surface area contributed by atoms with Crippen LogP contribution in [-0.2, 0) is 10.3 Å². The predicted molar refractivity (Wildman–Crippen MR) is 86.5 cm³/mol. The summed E-state index contributed by atoms with van der Waals surface area (Å²) < 4.78 is 0.749. The van der Waals surface area contributed by atoms with Crippen molar-refractivity contribution in [1.29, 1.82) is 0 Å². The van der Waals surface area contributed by atoms with Crippen molar-refractivity contribution >= 4 is 33.6 Å². The zero-order chi connectivity index (χ0) is 15.9. The molecule has 1 aromatic heterocycles. The Morgan fingerprint density at radius 2 is 1.86 bits per heavy atom. The van der Waals surface area contributed by atoms with E-state index in [9.17, 15) is 9.59 Å². The van der Waals surface area contributed by atoms with E-state index in [1.54, 1.807) is 13.1 Å². The van der Waals surface area contributed by atoms with Crippen LogP contribution in [0.25, 0.3) is 0 Å². The normalized spacial score (nSPS) is 21.1. The number of carbonyl (C=O) groups excluding carboxylic acids is 2. The summed E-state index contributed by atoms with van der Waals surface area (Å²) in [6.07, 6.45) is 3.15. The van der Waals surface area contributed by atoms with Gasteiger partial charge in [0.1, 0.15) is 5.54 Å². The number of carbonyl (C=O) groups is 2. The zero-order valence-electron chi connectivity index (χ0n) is 12.1. The first-order valence-electron chi connectivity index (χ1n) is 6.77. The molecular weight excluding hydrogens is 346 g/mol. The standard InChI is InChI=1S/C16H14BrN3O2/c1-10-12(17)8-18-9-13(10)20-14(21)16(2,19-15(20)22)11-6-4-3-5-7-11/h3-9H,1-2H3,(H,19,22). The smallest absolute Gasteiger partial charge is 0.319 e. The maximum atomic E-state index is 12.9. The fourth-order valence-electron chi connectivity index (χ4n) is 2.54. The Morgan fingerprint density at radius 1 is 1.18 bits per heavy atom. The van der Waals surface area contributed by atoms with Crippen LogP contribution >= 0.6 is 15.9 Å². The average Bonchev–Trinajstić information content (AvgIpc) is 2.74. The summed E-state index contributed by atoms with van der Waals surface area (Å²) in [5.41, 5.74) is 0.941. The third kappa shape index (κ3) is 2.11. The zero-order valence-corrected chi connectivity index (χ0v) is 13.7. The maximum Gasteiger partial charge on any atom is 0.330 e. The lowest BCUT2D eigenvalue weighted by Gasteiger charge is -2.22. The molecular formula is C16H14BrN3O2. The number of amides is 3. The van der Waals surface area contributed by atoms with E-state index in [1.807, 2.05) is 37.3 Å². The molecule has 1 N–H and O–H groups in total. The van der Waals surface area contributed by atoms with Gasteiger partial charge in [-0.15, -0.1) is 0 Å². The first-order valence-corrected chi connectivity index (χ1v) is 7.57. The van der Waals surface area contributed by atoms with E-state index in [4.69, 9.17) is 0 Å². The Kier molecular flexibility index (Phi) is 3.48. The maximum absolute atomic E-state index is 12.9. The van der Waals surface area contributed by atoms with Gasteiger partial charge >= 0.3 is 6.03 Å². The highest BCUT2D eigenvalue weighted by atomic mass is 79.9. The number of anilines is 1. The van der Waals surface area contributed by atoms with Gasteiger partial charge in [0.15, 0.2) is 0 Å². The predicted octanol–water partition coefficient (Wildman–Crippen LogP) is 3.12. The molecule has 2 aromatic rings. The van der Waals surface area contributed by atoms with Crippen molar-refractivity contribution in [3.8, 4) is 0 Å². The molecule has 0 saturated carbocycles. The average molecular weight is 360 g/mol. The summed E-state index contributed by atoms with van der Waals surface area (Å²) in [7, 11) is 0. The quantitative estimate of drug-likeness (QED) is 0.837. The molecule has 1 aliphatic heterocycles. The van der Waals surface area contributed by atoms with Gasteiger partial charge in [-0.3, -0.25) is 9.78 Å². The van der Waals surface area contributed by atoms with Crippen LogP contribution in [0.4, 0.5) is 10.5 Å². The van der Waals surface area contributed by atoms with Crippen molar-refractivity contribution in [3.05, 3.63) is 58.3 Å². The van der Waals surface area contributed by atoms with Crippen LogP contribution in [0.2, 0.25) is 0 Å². The third-order valence-electron chi connectivity index (χ3n) is 3.91. The van der Waals surface area contributed by atoms with Crippen LogP contribution in [0.15, 0.2) is 47.2 Å². The van der Waals surface area contributed by atoms with E-state index in [2.05, 4.69) is 26.2 Å². The van der Waals surface area contributed by atoms with Gasteiger partial charge in [-0.25, -0.2) is 9.69 Å². The molecule has 112 valence electrons. The fourth-order valence-corrected chi connectivity index (χ4v) is 2.86. The minimum absolute atomic E-state index is 0.313. The topological polar surface area (TPSA) is 62.3 Å². The van der Waals surface area contributed by atoms with Crippen molar-refractivity contribution < 1.29 is 9.59 Å². The van der Waals surface area contributed by atoms with Gasteiger partial charge in [0.2, 0.25) is 0 Å². The molecule has 1 fully saturated rings. The Morgan fingerprint density at radius 3 is 2.55 bits per heavy atom. The summed E-state index contributed by atoms with van der Waals surface area (Å²) in [5, 5.41) is 2.79. The molecule has 0 spiro atoms.